The molecule has 1 saturated heterocycles. The van der Waals surface area contributed by atoms with E-state index in [1.807, 2.05) is 75.4 Å². The molecule has 56 heavy (non-hydrogen) atoms. The number of carbonyl (C=O) groups excluding carboxylic acids is 4. The largest absolute Gasteiger partial charge is 0.493 e. The summed E-state index contributed by atoms with van der Waals surface area (Å²) >= 11 is 0. The van der Waals surface area contributed by atoms with Gasteiger partial charge in [-0.25, -0.2) is 18.2 Å². The maximum absolute atomic E-state index is 14.7. The fourth-order valence-corrected chi connectivity index (χ4v) is 8.90. The van der Waals surface area contributed by atoms with Crippen molar-refractivity contribution < 1.29 is 41.8 Å². The molecule has 3 N–H and O–H groups in total. The molecule has 15 heteroatoms. The van der Waals surface area contributed by atoms with Crippen molar-refractivity contribution in [2.24, 2.45) is 16.7 Å². The Labute approximate surface area is 327 Å². The smallest absolute Gasteiger partial charge is 0.407 e. The number of hydrogen-bond acceptors (Lipinski definition) is 10. The molecule has 2 unspecified atom stereocenters. The van der Waals surface area contributed by atoms with Crippen LogP contribution >= 0.6 is 0 Å². The van der Waals surface area contributed by atoms with E-state index < -0.39 is 73.6 Å². The molecule has 2 aliphatic heterocycles. The van der Waals surface area contributed by atoms with Crippen LogP contribution in [0.5, 0.6) is 11.6 Å². The van der Waals surface area contributed by atoms with Crippen LogP contribution in [0.15, 0.2) is 54.6 Å². The molecule has 1 aromatic heterocycles. The summed E-state index contributed by atoms with van der Waals surface area (Å²) in [6, 6.07) is 14.9. The summed E-state index contributed by atoms with van der Waals surface area (Å²) in [6.45, 7) is 11.2. The zero-order chi connectivity index (χ0) is 40.2. The topological polar surface area (TPSA) is 182 Å². The standard InChI is InChI=1S/C41H51N5O9S/c1-7-26-20-41(26,37(49)45-56(51,52)29-15-16-29)44-34(47)32-19-28-21-46(32)36(48)33(39(2,3)4)43-38(50)54-23-40(5,6)22-53-27-13-10-12-24(17-27)30-18-25-11-8-9-14-31(25)42-35(30)55-28/h8-14,17-18,26,28-29,32-33H,7,15-16,19-23H2,1-6H3,(H,43,50)(H,44,47)(H,45,49)/t26-,28?,32+,33-,41?/m1/s1. The van der Waals surface area contributed by atoms with Crippen molar-refractivity contribution in [3.05, 3.63) is 54.6 Å². The first-order valence-corrected chi connectivity index (χ1v) is 20.9. The lowest BCUT2D eigenvalue weighted by atomic mass is 9.85. The number of ether oxygens (including phenoxy) is 3. The van der Waals surface area contributed by atoms with Crippen LogP contribution in [-0.2, 0) is 29.1 Å². The van der Waals surface area contributed by atoms with E-state index in [2.05, 4.69) is 15.4 Å². The molecule has 0 spiro atoms. The number of carbonyl (C=O) groups is 4. The van der Waals surface area contributed by atoms with E-state index in [0.717, 1.165) is 10.9 Å². The SMILES string of the molecule is CC[C@@H]1CC1(NC(=O)[C@@H]1CC2CN1C(=O)[C@H](C(C)(C)C)NC(=O)OCC(C)(C)COc1cccc(c1)-c1cc3ccccc3nc1O2)C(=O)NS(=O)(=O)C1CC1. The van der Waals surface area contributed by atoms with Gasteiger partial charge >= 0.3 is 6.09 Å². The van der Waals surface area contributed by atoms with Crippen molar-refractivity contribution in [2.45, 2.75) is 103 Å². The van der Waals surface area contributed by atoms with Crippen molar-refractivity contribution in [2.75, 3.05) is 19.8 Å². The second-order valence-corrected chi connectivity index (χ2v) is 19.4. The van der Waals surface area contributed by atoms with Gasteiger partial charge in [-0.05, 0) is 60.4 Å². The van der Waals surface area contributed by atoms with Crippen molar-refractivity contribution in [3.63, 3.8) is 0 Å². The summed E-state index contributed by atoms with van der Waals surface area (Å²) in [5.74, 6) is -1.35. The van der Waals surface area contributed by atoms with Crippen molar-refractivity contribution in [3.8, 4) is 22.8 Å². The normalized spacial score (nSPS) is 26.6. The zero-order valence-electron chi connectivity index (χ0n) is 32.7. The van der Waals surface area contributed by atoms with Gasteiger partial charge in [0.25, 0.3) is 5.91 Å². The minimum atomic E-state index is -3.88. The van der Waals surface area contributed by atoms with Gasteiger partial charge in [0, 0.05) is 22.8 Å². The maximum atomic E-state index is 14.7. The molecular formula is C41H51N5O9S. The third kappa shape index (κ3) is 8.14. The number of hydrogen-bond donors (Lipinski definition) is 3. The summed E-state index contributed by atoms with van der Waals surface area (Å²) in [6.07, 6.45) is 0.205. The van der Waals surface area contributed by atoms with E-state index in [-0.39, 0.29) is 38.5 Å². The Bertz CT molecular complexity index is 2170. The van der Waals surface area contributed by atoms with Gasteiger partial charge in [0.2, 0.25) is 27.7 Å². The molecule has 5 atom stereocenters. The molecule has 2 saturated carbocycles. The average molecular weight is 790 g/mol. The third-order valence-corrected chi connectivity index (χ3v) is 12.9. The Hall–Kier alpha value is -4.92. The van der Waals surface area contributed by atoms with Crippen LogP contribution in [0.2, 0.25) is 0 Å². The highest BCUT2D eigenvalue weighted by Gasteiger charge is 2.62. The molecule has 3 aromatic rings. The number of para-hydroxylation sites is 1. The minimum absolute atomic E-state index is 0.00775. The van der Waals surface area contributed by atoms with Crippen LogP contribution in [0.1, 0.15) is 73.6 Å². The predicted molar refractivity (Wildman–Crippen MR) is 208 cm³/mol. The minimum Gasteiger partial charge on any atom is -0.493 e. The molecule has 14 nitrogen and oxygen atoms in total. The quantitative estimate of drug-likeness (QED) is 0.317. The molecule has 300 valence electrons. The molecule has 3 heterocycles. The number of pyridine rings is 1. The van der Waals surface area contributed by atoms with E-state index in [9.17, 15) is 27.6 Å². The van der Waals surface area contributed by atoms with Crippen molar-refractivity contribution in [1.82, 2.24) is 25.2 Å². The number of rotatable bonds is 6. The number of fused-ring (bicyclic) bond motifs is 7. The number of amides is 4. The first kappa shape index (κ1) is 39.3. The average Bonchev–Trinajstić information content (AvgIpc) is 4.08. The number of cyclic esters (lactones) is 1. The van der Waals surface area contributed by atoms with Gasteiger partial charge in [0.05, 0.1) is 23.9 Å². The lowest BCUT2D eigenvalue weighted by Crippen LogP contribution is -2.60. The van der Waals surface area contributed by atoms with E-state index in [0.29, 0.717) is 42.0 Å². The summed E-state index contributed by atoms with van der Waals surface area (Å²) in [7, 11) is -3.88. The van der Waals surface area contributed by atoms with Crippen molar-refractivity contribution in [1.29, 1.82) is 0 Å². The van der Waals surface area contributed by atoms with Gasteiger partial charge in [-0.1, -0.05) is 78.3 Å². The van der Waals surface area contributed by atoms with Gasteiger partial charge in [-0.2, -0.15) is 0 Å². The highest BCUT2D eigenvalue weighted by molar-refractivity contribution is 7.91. The van der Waals surface area contributed by atoms with E-state index >= 15 is 0 Å². The molecule has 2 aliphatic carbocycles. The number of sulfonamides is 1. The molecule has 3 fully saturated rings. The van der Waals surface area contributed by atoms with Crippen LogP contribution in [-0.4, -0.2) is 90.9 Å². The Balaban J connectivity index is 1.27. The lowest BCUT2D eigenvalue weighted by Gasteiger charge is -2.35. The Morgan fingerprint density at radius 1 is 1.02 bits per heavy atom. The number of aromatic nitrogens is 1. The Morgan fingerprint density at radius 3 is 2.45 bits per heavy atom. The molecular weight excluding hydrogens is 739 g/mol. The zero-order valence-corrected chi connectivity index (χ0v) is 33.5. The van der Waals surface area contributed by atoms with E-state index in [1.54, 1.807) is 20.8 Å². The molecule has 2 aromatic carbocycles. The van der Waals surface area contributed by atoms with Gasteiger partial charge in [0.1, 0.15) is 36.1 Å². The van der Waals surface area contributed by atoms with Gasteiger partial charge in [0.15, 0.2) is 0 Å². The monoisotopic (exact) mass is 789 g/mol. The van der Waals surface area contributed by atoms with Crippen molar-refractivity contribution >= 4 is 44.7 Å². The fraction of sp³-hybridized carbons (Fsp3) is 0.537. The first-order valence-electron chi connectivity index (χ1n) is 19.3. The Morgan fingerprint density at radius 2 is 1.75 bits per heavy atom. The van der Waals surface area contributed by atoms with Crippen LogP contribution in [0, 0.1) is 16.7 Å². The second-order valence-electron chi connectivity index (χ2n) is 17.5. The number of nitrogens with one attached hydrogen (secondary N) is 3. The second kappa shape index (κ2) is 14.5. The van der Waals surface area contributed by atoms with Crippen LogP contribution < -0.4 is 24.8 Å². The molecule has 4 aliphatic rings. The van der Waals surface area contributed by atoms with Gasteiger partial charge in [-0.3, -0.25) is 19.1 Å². The maximum Gasteiger partial charge on any atom is 0.407 e. The Kier molecular flexibility index (Phi) is 10.2. The number of nitrogens with zero attached hydrogens (tertiary/aromatic N) is 2. The molecule has 4 amide bonds. The summed E-state index contributed by atoms with van der Waals surface area (Å²) in [5, 5.41) is 5.90. The molecule has 4 bridgehead atoms. The summed E-state index contributed by atoms with van der Waals surface area (Å²) in [4.78, 5) is 62.4. The van der Waals surface area contributed by atoms with Gasteiger partial charge in [-0.15, -0.1) is 0 Å². The molecule has 7 rings (SSSR count). The van der Waals surface area contributed by atoms with Crippen LogP contribution in [0.3, 0.4) is 0 Å². The third-order valence-electron chi connectivity index (χ3n) is 11.1. The first-order chi connectivity index (χ1) is 26.4. The predicted octanol–water partition coefficient (Wildman–Crippen LogP) is 4.70. The van der Waals surface area contributed by atoms with E-state index in [4.69, 9.17) is 19.2 Å². The van der Waals surface area contributed by atoms with Crippen LogP contribution in [0.25, 0.3) is 22.0 Å². The summed E-state index contributed by atoms with van der Waals surface area (Å²) in [5.41, 5.74) is -0.749. The van der Waals surface area contributed by atoms with E-state index in [1.165, 1.54) is 4.90 Å². The number of alkyl carbamates (subject to hydrolysis) is 1. The van der Waals surface area contributed by atoms with Crippen LogP contribution in [0.4, 0.5) is 4.79 Å². The highest BCUT2D eigenvalue weighted by atomic mass is 32.2. The fourth-order valence-electron chi connectivity index (χ4n) is 7.53. The number of benzene rings is 2. The summed E-state index contributed by atoms with van der Waals surface area (Å²) < 4.78 is 46.3. The highest BCUT2D eigenvalue weighted by Crippen LogP contribution is 2.47. The van der Waals surface area contributed by atoms with Gasteiger partial charge < -0.3 is 29.7 Å². The molecule has 0 radical (unpaired) electrons. The lowest BCUT2D eigenvalue weighted by molar-refractivity contribution is -0.143.